The van der Waals surface area contributed by atoms with E-state index in [9.17, 15) is 0 Å². The van der Waals surface area contributed by atoms with E-state index in [0.29, 0.717) is 0 Å². The molecule has 0 unspecified atom stereocenters. The SMILES string of the molecule is COc1ccccc1CN1CCc2nc(C)ncc2C1. The first kappa shape index (κ1) is 13.1. The highest BCUT2D eigenvalue weighted by molar-refractivity contribution is 5.33. The summed E-state index contributed by atoms with van der Waals surface area (Å²) in [4.78, 5) is 11.2. The van der Waals surface area contributed by atoms with E-state index in [1.54, 1.807) is 7.11 Å². The second kappa shape index (κ2) is 5.59. The molecule has 20 heavy (non-hydrogen) atoms. The molecule has 0 aliphatic carbocycles. The van der Waals surface area contributed by atoms with Gasteiger partial charge in [-0.3, -0.25) is 4.90 Å². The third-order valence-corrected chi connectivity index (χ3v) is 3.72. The number of nitrogens with zero attached hydrogens (tertiary/aromatic N) is 3. The van der Waals surface area contributed by atoms with Crippen LogP contribution in [0.15, 0.2) is 30.5 Å². The van der Waals surface area contributed by atoms with Crippen molar-refractivity contribution in [1.29, 1.82) is 0 Å². The molecule has 4 heteroatoms. The van der Waals surface area contributed by atoms with Gasteiger partial charge in [-0.25, -0.2) is 9.97 Å². The monoisotopic (exact) mass is 269 g/mol. The molecule has 0 saturated carbocycles. The van der Waals surface area contributed by atoms with Gasteiger partial charge in [0.2, 0.25) is 0 Å². The van der Waals surface area contributed by atoms with Gasteiger partial charge in [0.25, 0.3) is 0 Å². The van der Waals surface area contributed by atoms with E-state index >= 15 is 0 Å². The molecule has 0 saturated heterocycles. The summed E-state index contributed by atoms with van der Waals surface area (Å²) in [6.45, 7) is 4.79. The fourth-order valence-corrected chi connectivity index (χ4v) is 2.68. The lowest BCUT2D eigenvalue weighted by molar-refractivity contribution is 0.239. The van der Waals surface area contributed by atoms with Crippen molar-refractivity contribution in [3.8, 4) is 5.75 Å². The second-order valence-electron chi connectivity index (χ2n) is 5.16. The van der Waals surface area contributed by atoms with Crippen LogP contribution in [0.4, 0.5) is 0 Å². The van der Waals surface area contributed by atoms with Crippen LogP contribution in [0.3, 0.4) is 0 Å². The lowest BCUT2D eigenvalue weighted by atomic mass is 10.1. The number of para-hydroxylation sites is 1. The Morgan fingerprint density at radius 3 is 3.00 bits per heavy atom. The third-order valence-electron chi connectivity index (χ3n) is 3.72. The highest BCUT2D eigenvalue weighted by atomic mass is 16.5. The first-order chi connectivity index (χ1) is 9.76. The molecular weight excluding hydrogens is 250 g/mol. The highest BCUT2D eigenvalue weighted by Gasteiger charge is 2.18. The topological polar surface area (TPSA) is 38.2 Å². The summed E-state index contributed by atoms with van der Waals surface area (Å²) in [5, 5.41) is 0. The molecule has 2 aromatic rings. The fourth-order valence-electron chi connectivity index (χ4n) is 2.68. The van der Waals surface area contributed by atoms with Crippen molar-refractivity contribution in [3.63, 3.8) is 0 Å². The van der Waals surface area contributed by atoms with Gasteiger partial charge >= 0.3 is 0 Å². The molecule has 0 spiro atoms. The normalized spacial score (nSPS) is 14.9. The van der Waals surface area contributed by atoms with E-state index < -0.39 is 0 Å². The van der Waals surface area contributed by atoms with Crippen LogP contribution < -0.4 is 4.74 Å². The Morgan fingerprint density at radius 1 is 1.30 bits per heavy atom. The van der Waals surface area contributed by atoms with Crippen molar-refractivity contribution in [1.82, 2.24) is 14.9 Å². The first-order valence-electron chi connectivity index (χ1n) is 6.92. The Labute approximate surface area is 119 Å². The number of hydrogen-bond acceptors (Lipinski definition) is 4. The molecule has 0 amide bonds. The number of aromatic nitrogens is 2. The van der Waals surface area contributed by atoms with Gasteiger partial charge in [-0.05, 0) is 13.0 Å². The quantitative estimate of drug-likeness (QED) is 0.857. The summed E-state index contributed by atoms with van der Waals surface area (Å²) < 4.78 is 5.42. The Morgan fingerprint density at radius 2 is 2.15 bits per heavy atom. The zero-order valence-electron chi connectivity index (χ0n) is 12.0. The highest BCUT2D eigenvalue weighted by Crippen LogP contribution is 2.23. The van der Waals surface area contributed by atoms with E-state index in [0.717, 1.165) is 37.6 Å². The molecule has 0 N–H and O–H groups in total. The minimum atomic E-state index is 0.863. The molecule has 0 atom stereocenters. The van der Waals surface area contributed by atoms with Crippen LogP contribution in [0.1, 0.15) is 22.6 Å². The van der Waals surface area contributed by atoms with Crippen LogP contribution in [-0.4, -0.2) is 28.5 Å². The molecule has 0 bridgehead atoms. The van der Waals surface area contributed by atoms with Crippen LogP contribution in [0.5, 0.6) is 5.75 Å². The van der Waals surface area contributed by atoms with Gasteiger partial charge in [0, 0.05) is 49.1 Å². The number of aryl methyl sites for hydroxylation is 1. The standard InChI is InChI=1S/C16H19N3O/c1-12-17-9-14-11-19(8-7-15(14)18-12)10-13-5-3-4-6-16(13)20-2/h3-6,9H,7-8,10-11H2,1-2H3. The Kier molecular flexibility index (Phi) is 3.65. The van der Waals surface area contributed by atoms with Crippen molar-refractivity contribution < 1.29 is 4.74 Å². The summed E-state index contributed by atoms with van der Waals surface area (Å²) in [6, 6.07) is 8.20. The van der Waals surface area contributed by atoms with Gasteiger partial charge < -0.3 is 4.74 Å². The number of fused-ring (bicyclic) bond motifs is 1. The smallest absolute Gasteiger partial charge is 0.125 e. The third kappa shape index (κ3) is 2.65. The predicted octanol–water partition coefficient (Wildman–Crippen LogP) is 2.35. The number of ether oxygens (including phenoxy) is 1. The Bertz CT molecular complexity index is 612. The minimum absolute atomic E-state index is 0.863. The summed E-state index contributed by atoms with van der Waals surface area (Å²) >= 11 is 0. The maximum absolute atomic E-state index is 5.42. The molecule has 1 aliphatic heterocycles. The van der Waals surface area contributed by atoms with Crippen LogP contribution in [0.2, 0.25) is 0 Å². The maximum atomic E-state index is 5.42. The number of methoxy groups -OCH3 is 1. The van der Waals surface area contributed by atoms with Crippen molar-refractivity contribution in [2.24, 2.45) is 0 Å². The first-order valence-corrected chi connectivity index (χ1v) is 6.92. The number of hydrogen-bond donors (Lipinski definition) is 0. The van der Waals surface area contributed by atoms with E-state index in [1.165, 1.54) is 16.8 Å². The van der Waals surface area contributed by atoms with E-state index in [4.69, 9.17) is 4.74 Å². The zero-order valence-corrected chi connectivity index (χ0v) is 12.0. The molecule has 0 radical (unpaired) electrons. The van der Waals surface area contributed by atoms with Crippen molar-refractivity contribution in [2.75, 3.05) is 13.7 Å². The molecule has 0 fully saturated rings. The number of benzene rings is 1. The van der Waals surface area contributed by atoms with Gasteiger partial charge in [0.15, 0.2) is 0 Å². The van der Waals surface area contributed by atoms with Crippen LogP contribution in [0, 0.1) is 6.92 Å². The van der Waals surface area contributed by atoms with Gasteiger partial charge in [-0.1, -0.05) is 18.2 Å². The van der Waals surface area contributed by atoms with Gasteiger partial charge in [-0.2, -0.15) is 0 Å². The Hall–Kier alpha value is -1.94. The number of rotatable bonds is 3. The molecule has 3 rings (SSSR count). The average Bonchev–Trinajstić information content (AvgIpc) is 2.48. The van der Waals surface area contributed by atoms with Crippen LogP contribution >= 0.6 is 0 Å². The maximum Gasteiger partial charge on any atom is 0.125 e. The average molecular weight is 269 g/mol. The Balaban J connectivity index is 1.76. The molecule has 1 aromatic carbocycles. The van der Waals surface area contributed by atoms with Gasteiger partial charge in [-0.15, -0.1) is 0 Å². The molecule has 1 aliphatic rings. The van der Waals surface area contributed by atoms with E-state index in [1.807, 2.05) is 25.3 Å². The van der Waals surface area contributed by atoms with Crippen molar-refractivity contribution in [3.05, 3.63) is 53.1 Å². The zero-order chi connectivity index (χ0) is 13.9. The molecule has 2 heterocycles. The van der Waals surface area contributed by atoms with Gasteiger partial charge in [0.1, 0.15) is 11.6 Å². The lowest BCUT2D eigenvalue weighted by Crippen LogP contribution is -2.31. The second-order valence-corrected chi connectivity index (χ2v) is 5.16. The predicted molar refractivity (Wildman–Crippen MR) is 77.6 cm³/mol. The molecule has 4 nitrogen and oxygen atoms in total. The summed E-state index contributed by atoms with van der Waals surface area (Å²) in [6.07, 6.45) is 2.96. The van der Waals surface area contributed by atoms with E-state index in [2.05, 4.69) is 27.0 Å². The molecule has 1 aromatic heterocycles. The van der Waals surface area contributed by atoms with Crippen molar-refractivity contribution >= 4 is 0 Å². The minimum Gasteiger partial charge on any atom is -0.496 e. The largest absolute Gasteiger partial charge is 0.496 e. The fraction of sp³-hybridized carbons (Fsp3) is 0.375. The van der Waals surface area contributed by atoms with Crippen LogP contribution in [0.25, 0.3) is 0 Å². The lowest BCUT2D eigenvalue weighted by Gasteiger charge is -2.28. The summed E-state index contributed by atoms with van der Waals surface area (Å²) in [5.41, 5.74) is 3.68. The van der Waals surface area contributed by atoms with Crippen LogP contribution in [-0.2, 0) is 19.5 Å². The van der Waals surface area contributed by atoms with Crippen molar-refractivity contribution in [2.45, 2.75) is 26.4 Å². The summed E-state index contributed by atoms with van der Waals surface area (Å²) in [7, 11) is 1.72. The van der Waals surface area contributed by atoms with Gasteiger partial charge in [0.05, 0.1) is 7.11 Å². The summed E-state index contributed by atoms with van der Waals surface area (Å²) in [5.74, 6) is 1.82. The van der Waals surface area contributed by atoms with E-state index in [-0.39, 0.29) is 0 Å². The molecular formula is C16H19N3O. The molecule has 104 valence electrons.